The number of esters is 1. The Balaban J connectivity index is 4.60. The molecule has 3 atom stereocenters. The summed E-state index contributed by atoms with van der Waals surface area (Å²) < 4.78 is 5.90. The highest BCUT2D eigenvalue weighted by molar-refractivity contribution is 5.77. The van der Waals surface area contributed by atoms with Crippen molar-refractivity contribution in [1.29, 1.82) is 0 Å². The van der Waals surface area contributed by atoms with Gasteiger partial charge >= 0.3 is 5.97 Å². The maximum atomic E-state index is 13.3. The number of aliphatic hydroxyl groups excluding tert-OH is 2. The number of hydrogen-bond donors (Lipinski definition) is 3. The van der Waals surface area contributed by atoms with Gasteiger partial charge in [-0.1, -0.05) is 294 Å². The van der Waals surface area contributed by atoms with E-state index >= 15 is 0 Å². The predicted molar refractivity (Wildman–Crippen MR) is 296 cm³/mol. The van der Waals surface area contributed by atoms with E-state index in [-0.39, 0.29) is 24.9 Å². The number of allylic oxidation sites excluding steroid dienone is 7. The van der Waals surface area contributed by atoms with Crippen molar-refractivity contribution in [3.05, 3.63) is 48.6 Å². The predicted octanol–water partition coefficient (Wildman–Crippen LogP) is 18.6. The van der Waals surface area contributed by atoms with Crippen LogP contribution >= 0.6 is 0 Å². The lowest BCUT2D eigenvalue weighted by molar-refractivity contribution is -0.150. The number of rotatable bonds is 54. The van der Waals surface area contributed by atoms with E-state index in [0.29, 0.717) is 19.3 Å². The zero-order chi connectivity index (χ0) is 49.5. The Morgan fingerprint density at radius 3 is 1.18 bits per heavy atom. The fraction of sp³-hybridized carbons (Fsp3) is 0.839. The van der Waals surface area contributed by atoms with Crippen LogP contribution in [0.15, 0.2) is 48.6 Å². The minimum Gasteiger partial charge on any atom is -0.461 e. The summed E-state index contributed by atoms with van der Waals surface area (Å²) in [7, 11) is 0. The number of unbranched alkanes of at least 4 members (excludes halogenated alkanes) is 35. The molecule has 3 unspecified atom stereocenters. The fourth-order valence-corrected chi connectivity index (χ4v) is 9.12. The van der Waals surface area contributed by atoms with E-state index in [9.17, 15) is 19.8 Å². The summed E-state index contributed by atoms with van der Waals surface area (Å²) in [5.41, 5.74) is 0. The molecule has 0 aromatic carbocycles. The molecule has 0 spiro atoms. The molecule has 0 rings (SSSR count). The fourth-order valence-electron chi connectivity index (χ4n) is 9.12. The van der Waals surface area contributed by atoms with E-state index in [1.54, 1.807) is 0 Å². The maximum absolute atomic E-state index is 13.3. The summed E-state index contributed by atoms with van der Waals surface area (Å²) in [5.74, 6) is -0.561. The van der Waals surface area contributed by atoms with Gasteiger partial charge in [0.2, 0.25) is 5.91 Å². The van der Waals surface area contributed by atoms with Gasteiger partial charge in [0, 0.05) is 12.8 Å². The van der Waals surface area contributed by atoms with Crippen molar-refractivity contribution in [3.8, 4) is 0 Å². The minimum atomic E-state index is -0.811. The molecule has 0 aromatic rings. The van der Waals surface area contributed by atoms with Crippen LogP contribution < -0.4 is 5.32 Å². The molecule has 0 bridgehead atoms. The Morgan fingerprint density at radius 2 is 0.779 bits per heavy atom. The molecule has 0 saturated carbocycles. The van der Waals surface area contributed by atoms with E-state index in [1.165, 1.54) is 205 Å². The van der Waals surface area contributed by atoms with Crippen molar-refractivity contribution >= 4 is 11.9 Å². The quantitative estimate of drug-likeness (QED) is 0.0321. The number of hydrogen-bond acceptors (Lipinski definition) is 5. The van der Waals surface area contributed by atoms with E-state index < -0.39 is 18.2 Å². The molecule has 0 heterocycles. The van der Waals surface area contributed by atoms with Crippen molar-refractivity contribution in [3.63, 3.8) is 0 Å². The number of carbonyl (C=O) groups is 2. The summed E-state index contributed by atoms with van der Waals surface area (Å²) in [4.78, 5) is 26.3. The first kappa shape index (κ1) is 65.8. The molecule has 0 fully saturated rings. The van der Waals surface area contributed by atoms with Gasteiger partial charge in [-0.25, -0.2) is 0 Å². The Hall–Kier alpha value is -2.18. The largest absolute Gasteiger partial charge is 0.461 e. The van der Waals surface area contributed by atoms with Gasteiger partial charge in [-0.15, -0.1) is 0 Å². The molecule has 0 aliphatic carbocycles. The monoisotopic (exact) mass is 954 g/mol. The lowest BCUT2D eigenvalue weighted by Gasteiger charge is -2.24. The summed E-state index contributed by atoms with van der Waals surface area (Å²) in [5, 5.41) is 23.9. The van der Waals surface area contributed by atoms with Crippen molar-refractivity contribution in [2.24, 2.45) is 0 Å². The normalized spacial score (nSPS) is 13.4. The van der Waals surface area contributed by atoms with Crippen molar-refractivity contribution in [2.45, 2.75) is 328 Å². The van der Waals surface area contributed by atoms with Crippen LogP contribution in [0.5, 0.6) is 0 Å². The molecule has 0 radical (unpaired) electrons. The van der Waals surface area contributed by atoms with Crippen LogP contribution in [0.4, 0.5) is 0 Å². The third kappa shape index (κ3) is 50.2. The minimum absolute atomic E-state index is 0.00512. The van der Waals surface area contributed by atoms with E-state index in [2.05, 4.69) is 68.6 Å². The number of carbonyl (C=O) groups excluding carboxylic acids is 2. The van der Waals surface area contributed by atoms with Crippen LogP contribution in [0.2, 0.25) is 0 Å². The second-order valence-electron chi connectivity index (χ2n) is 20.4. The highest BCUT2D eigenvalue weighted by Gasteiger charge is 2.23. The molecule has 6 nitrogen and oxygen atoms in total. The van der Waals surface area contributed by atoms with Crippen molar-refractivity contribution in [2.75, 3.05) is 6.61 Å². The third-order valence-electron chi connectivity index (χ3n) is 13.7. The molecular formula is C62H115NO5. The topological polar surface area (TPSA) is 95.9 Å². The number of nitrogens with one attached hydrogen (secondary N) is 1. The second-order valence-corrected chi connectivity index (χ2v) is 20.4. The number of aliphatic hydroxyl groups is 2. The highest BCUT2D eigenvalue weighted by Crippen LogP contribution is 2.18. The Labute approximate surface area is 423 Å². The lowest BCUT2D eigenvalue weighted by Crippen LogP contribution is -2.46. The van der Waals surface area contributed by atoms with Gasteiger partial charge in [0.25, 0.3) is 0 Å². The van der Waals surface area contributed by atoms with Crippen LogP contribution in [0.25, 0.3) is 0 Å². The Kier molecular flexibility index (Phi) is 54.0. The Bertz CT molecular complexity index is 1160. The van der Waals surface area contributed by atoms with Crippen LogP contribution in [-0.2, 0) is 14.3 Å². The van der Waals surface area contributed by atoms with Gasteiger partial charge in [0.15, 0.2) is 0 Å². The molecule has 3 N–H and O–H groups in total. The Morgan fingerprint density at radius 1 is 0.441 bits per heavy atom. The van der Waals surface area contributed by atoms with Crippen LogP contribution in [0, 0.1) is 0 Å². The molecule has 6 heteroatoms. The van der Waals surface area contributed by atoms with Crippen LogP contribution in [0.3, 0.4) is 0 Å². The van der Waals surface area contributed by atoms with Gasteiger partial charge in [-0.2, -0.15) is 0 Å². The number of amides is 1. The molecule has 0 saturated heterocycles. The summed E-state index contributed by atoms with van der Waals surface area (Å²) >= 11 is 0. The first-order chi connectivity index (χ1) is 33.5. The standard InChI is InChI=1S/C62H115NO5/c1-4-7-10-13-16-19-22-25-28-30-33-36-39-42-45-48-51-54-60(65)59(57-64)63-61(66)56-58(53-50-47-44-41-38-35-32-27-24-21-18-15-12-9-6-3)68-62(67)55-52-49-46-43-40-37-34-31-29-26-23-20-17-14-11-8-5-2/h18,21,27,32,38,41,47,50,58-60,64-65H,4-17,19-20,22-26,28-31,33-37,39-40,42-46,48-49,51-57H2,1-3H3,(H,63,66)/b21-18-,32-27-,41-38-,50-47-. The lowest BCUT2D eigenvalue weighted by atomic mass is 10.0. The number of ether oxygens (including phenoxy) is 1. The van der Waals surface area contributed by atoms with E-state index in [4.69, 9.17) is 4.74 Å². The van der Waals surface area contributed by atoms with Crippen molar-refractivity contribution in [1.82, 2.24) is 5.32 Å². The second kappa shape index (κ2) is 55.7. The highest BCUT2D eigenvalue weighted by atomic mass is 16.5. The summed E-state index contributed by atoms with van der Waals surface area (Å²) in [6.45, 7) is 6.47. The molecule has 68 heavy (non-hydrogen) atoms. The molecule has 0 aliphatic rings. The van der Waals surface area contributed by atoms with E-state index in [0.717, 1.165) is 57.8 Å². The van der Waals surface area contributed by atoms with Crippen molar-refractivity contribution < 1.29 is 24.5 Å². The van der Waals surface area contributed by atoms with Crippen LogP contribution in [-0.4, -0.2) is 46.9 Å². The third-order valence-corrected chi connectivity index (χ3v) is 13.7. The molecule has 0 aromatic heterocycles. The summed E-state index contributed by atoms with van der Waals surface area (Å²) in [6, 6.07) is -0.730. The van der Waals surface area contributed by atoms with E-state index in [1.807, 2.05) is 6.08 Å². The molecule has 0 aliphatic heterocycles. The molecular weight excluding hydrogens is 839 g/mol. The molecule has 398 valence electrons. The SMILES string of the molecule is CCCCC/C=C\C/C=C\C/C=C\C/C=C\CC(CC(=O)NC(CO)C(O)CCCCCCCCCCCCCCCCCCC)OC(=O)CCCCCCCCCCCCCCCCCCC. The maximum Gasteiger partial charge on any atom is 0.306 e. The van der Waals surface area contributed by atoms with Gasteiger partial charge in [0.05, 0.1) is 25.2 Å². The first-order valence-electron chi connectivity index (χ1n) is 29.9. The molecule has 1 amide bonds. The zero-order valence-corrected chi connectivity index (χ0v) is 45.5. The van der Waals surface area contributed by atoms with Gasteiger partial charge in [-0.05, 0) is 44.9 Å². The van der Waals surface area contributed by atoms with Gasteiger partial charge in [0.1, 0.15) is 6.10 Å². The van der Waals surface area contributed by atoms with Gasteiger partial charge < -0.3 is 20.3 Å². The zero-order valence-electron chi connectivity index (χ0n) is 45.5. The average molecular weight is 955 g/mol. The smallest absolute Gasteiger partial charge is 0.306 e. The van der Waals surface area contributed by atoms with Gasteiger partial charge in [-0.3, -0.25) is 9.59 Å². The average Bonchev–Trinajstić information content (AvgIpc) is 3.33. The van der Waals surface area contributed by atoms with Crippen LogP contribution in [0.1, 0.15) is 310 Å². The first-order valence-corrected chi connectivity index (χ1v) is 29.9. The summed E-state index contributed by atoms with van der Waals surface area (Å²) in [6.07, 6.45) is 69.1.